The molecular weight excluding hydrogens is 389 g/mol. The molecule has 1 aliphatic rings. The lowest BCUT2D eigenvalue weighted by atomic mass is 9.97. The summed E-state index contributed by atoms with van der Waals surface area (Å²) in [5.41, 5.74) is -1.00. The standard InChI is InChI=1S/C20H31F3N2O2S/c1-2-15-16(21)18(23)20(28(24,26)27)19(17(15)22)25-14-12-10-8-6-4-3-5-7-9-11-13-14/h14,25H,2-13H2,1H3,(H2,24,26,27). The molecule has 0 atom stereocenters. The lowest BCUT2D eigenvalue weighted by Crippen LogP contribution is -2.26. The van der Waals surface area contributed by atoms with Crippen LogP contribution in [0.25, 0.3) is 0 Å². The fourth-order valence-corrected chi connectivity index (χ4v) is 4.68. The Hall–Kier alpha value is -1.28. The number of rotatable bonds is 4. The lowest BCUT2D eigenvalue weighted by molar-refractivity contribution is 0.454. The van der Waals surface area contributed by atoms with Gasteiger partial charge < -0.3 is 5.32 Å². The summed E-state index contributed by atoms with van der Waals surface area (Å²) in [7, 11) is -4.64. The van der Waals surface area contributed by atoms with Crippen LogP contribution in [0, 0.1) is 17.5 Å². The van der Waals surface area contributed by atoms with Crippen LogP contribution >= 0.6 is 0 Å². The maximum absolute atomic E-state index is 14.9. The predicted molar refractivity (Wildman–Crippen MR) is 105 cm³/mol. The zero-order chi connectivity index (χ0) is 20.7. The van der Waals surface area contributed by atoms with E-state index in [1.807, 2.05) is 0 Å². The number of primary sulfonamides is 1. The number of halogens is 3. The molecule has 1 aliphatic carbocycles. The summed E-state index contributed by atoms with van der Waals surface area (Å²) in [5.74, 6) is -4.18. The van der Waals surface area contributed by atoms with Crippen molar-refractivity contribution >= 4 is 15.7 Å². The molecule has 0 spiro atoms. The molecule has 3 N–H and O–H groups in total. The Morgan fingerprint density at radius 1 is 0.857 bits per heavy atom. The van der Waals surface area contributed by atoms with Gasteiger partial charge in [-0.1, -0.05) is 64.7 Å². The van der Waals surface area contributed by atoms with Gasteiger partial charge in [-0.25, -0.2) is 26.7 Å². The van der Waals surface area contributed by atoms with Gasteiger partial charge in [0.25, 0.3) is 0 Å². The van der Waals surface area contributed by atoms with Crippen LogP contribution in [-0.2, 0) is 16.4 Å². The fraction of sp³-hybridized carbons (Fsp3) is 0.700. The summed E-state index contributed by atoms with van der Waals surface area (Å²) in [5, 5.41) is 7.97. The van der Waals surface area contributed by atoms with E-state index in [9.17, 15) is 21.6 Å². The van der Waals surface area contributed by atoms with E-state index in [-0.39, 0.29) is 12.5 Å². The molecule has 0 amide bonds. The highest BCUT2D eigenvalue weighted by Gasteiger charge is 2.31. The minimum Gasteiger partial charge on any atom is -0.379 e. The third-order valence-electron chi connectivity index (χ3n) is 5.46. The molecule has 1 aromatic rings. The van der Waals surface area contributed by atoms with Crippen LogP contribution in [0.1, 0.15) is 83.1 Å². The van der Waals surface area contributed by atoms with Gasteiger partial charge in [0.1, 0.15) is 4.90 Å². The molecule has 4 nitrogen and oxygen atoms in total. The second-order valence-electron chi connectivity index (χ2n) is 7.62. The van der Waals surface area contributed by atoms with Gasteiger partial charge in [-0.05, 0) is 19.3 Å². The second-order valence-corrected chi connectivity index (χ2v) is 9.12. The molecule has 1 saturated carbocycles. The Labute approximate surface area is 166 Å². The Kier molecular flexibility index (Phi) is 8.61. The first-order valence-electron chi connectivity index (χ1n) is 10.3. The molecule has 0 radical (unpaired) electrons. The Morgan fingerprint density at radius 3 is 1.75 bits per heavy atom. The van der Waals surface area contributed by atoms with Gasteiger partial charge >= 0.3 is 0 Å². The normalized spacial score (nSPS) is 18.3. The highest BCUT2D eigenvalue weighted by molar-refractivity contribution is 7.89. The molecule has 0 aliphatic heterocycles. The molecule has 0 heterocycles. The van der Waals surface area contributed by atoms with Crippen molar-refractivity contribution in [1.82, 2.24) is 0 Å². The number of anilines is 1. The molecule has 8 heteroatoms. The predicted octanol–water partition coefficient (Wildman–Crippen LogP) is 5.40. The molecule has 0 unspecified atom stereocenters. The topological polar surface area (TPSA) is 72.2 Å². The van der Waals surface area contributed by atoms with Gasteiger partial charge in [0.2, 0.25) is 10.0 Å². The molecule has 160 valence electrons. The molecule has 0 saturated heterocycles. The van der Waals surface area contributed by atoms with Crippen LogP contribution in [-0.4, -0.2) is 14.5 Å². The molecule has 1 fully saturated rings. The van der Waals surface area contributed by atoms with Crippen molar-refractivity contribution in [3.63, 3.8) is 0 Å². The maximum Gasteiger partial charge on any atom is 0.243 e. The largest absolute Gasteiger partial charge is 0.379 e. The number of sulfonamides is 1. The Balaban J connectivity index is 2.36. The van der Waals surface area contributed by atoms with E-state index in [2.05, 4.69) is 5.32 Å². The van der Waals surface area contributed by atoms with Crippen LogP contribution in [0.2, 0.25) is 0 Å². The van der Waals surface area contributed by atoms with Gasteiger partial charge in [0, 0.05) is 11.6 Å². The van der Waals surface area contributed by atoms with Crippen LogP contribution in [0.4, 0.5) is 18.9 Å². The number of nitrogens with two attached hydrogens (primary N) is 1. The molecule has 2 rings (SSSR count). The summed E-state index contributed by atoms with van der Waals surface area (Å²) in [6.45, 7) is 1.48. The summed E-state index contributed by atoms with van der Waals surface area (Å²) in [6.07, 6.45) is 11.1. The van der Waals surface area contributed by atoms with Crippen LogP contribution in [0.3, 0.4) is 0 Å². The first-order valence-corrected chi connectivity index (χ1v) is 11.8. The van der Waals surface area contributed by atoms with E-state index >= 15 is 0 Å². The van der Waals surface area contributed by atoms with E-state index < -0.39 is 43.6 Å². The molecule has 0 bridgehead atoms. The number of benzene rings is 1. The van der Waals surface area contributed by atoms with E-state index in [0.29, 0.717) is 12.8 Å². The van der Waals surface area contributed by atoms with Gasteiger partial charge in [-0.15, -0.1) is 0 Å². The van der Waals surface area contributed by atoms with Gasteiger partial charge in [-0.2, -0.15) is 0 Å². The number of hydrogen-bond acceptors (Lipinski definition) is 3. The van der Waals surface area contributed by atoms with Crippen LogP contribution in [0.5, 0.6) is 0 Å². The Morgan fingerprint density at radius 2 is 1.32 bits per heavy atom. The molecule has 1 aromatic carbocycles. The van der Waals surface area contributed by atoms with E-state index in [0.717, 1.165) is 38.5 Å². The summed E-state index contributed by atoms with van der Waals surface area (Å²) in [4.78, 5) is -1.12. The SMILES string of the molecule is CCc1c(F)c(F)c(S(N)(=O)=O)c(NC2CCCCCCCCCCC2)c1F. The molecule has 0 aromatic heterocycles. The molecule has 28 heavy (non-hydrogen) atoms. The zero-order valence-electron chi connectivity index (χ0n) is 16.5. The van der Waals surface area contributed by atoms with Crippen molar-refractivity contribution in [3.8, 4) is 0 Å². The van der Waals surface area contributed by atoms with Crippen molar-refractivity contribution in [2.24, 2.45) is 5.14 Å². The van der Waals surface area contributed by atoms with Crippen molar-refractivity contribution in [1.29, 1.82) is 0 Å². The third-order valence-corrected chi connectivity index (χ3v) is 6.41. The highest BCUT2D eigenvalue weighted by atomic mass is 32.2. The maximum atomic E-state index is 14.9. The highest BCUT2D eigenvalue weighted by Crippen LogP contribution is 2.34. The smallest absolute Gasteiger partial charge is 0.243 e. The van der Waals surface area contributed by atoms with Crippen molar-refractivity contribution in [2.75, 3.05) is 5.32 Å². The van der Waals surface area contributed by atoms with Crippen LogP contribution in [0.15, 0.2) is 4.90 Å². The fourth-order valence-electron chi connectivity index (χ4n) is 3.91. The quantitative estimate of drug-likeness (QED) is 0.641. The van der Waals surface area contributed by atoms with E-state index in [4.69, 9.17) is 5.14 Å². The summed E-state index contributed by atoms with van der Waals surface area (Å²) < 4.78 is 67.3. The van der Waals surface area contributed by atoms with Crippen molar-refractivity contribution in [3.05, 3.63) is 23.0 Å². The number of hydrogen-bond donors (Lipinski definition) is 2. The lowest BCUT2D eigenvalue weighted by Gasteiger charge is -2.24. The van der Waals surface area contributed by atoms with Gasteiger partial charge in [-0.3, -0.25) is 0 Å². The first kappa shape index (κ1) is 23.0. The minimum atomic E-state index is -4.64. The minimum absolute atomic E-state index is 0.0984. The third kappa shape index (κ3) is 5.86. The van der Waals surface area contributed by atoms with Crippen molar-refractivity contribution in [2.45, 2.75) is 94.9 Å². The van der Waals surface area contributed by atoms with E-state index in [1.54, 1.807) is 0 Å². The second kappa shape index (κ2) is 10.5. The average molecular weight is 421 g/mol. The van der Waals surface area contributed by atoms with Crippen LogP contribution < -0.4 is 10.5 Å². The van der Waals surface area contributed by atoms with E-state index in [1.165, 1.54) is 26.2 Å². The summed E-state index contributed by atoms with van der Waals surface area (Å²) in [6, 6.07) is -0.219. The first-order chi connectivity index (χ1) is 13.3. The summed E-state index contributed by atoms with van der Waals surface area (Å²) >= 11 is 0. The molecular formula is C20H31F3N2O2S. The van der Waals surface area contributed by atoms with Crippen molar-refractivity contribution < 1.29 is 21.6 Å². The Bertz CT molecular complexity index is 757. The van der Waals surface area contributed by atoms with Gasteiger partial charge in [0.15, 0.2) is 17.5 Å². The zero-order valence-corrected chi connectivity index (χ0v) is 17.3. The number of nitrogens with one attached hydrogen (secondary N) is 1. The van der Waals surface area contributed by atoms with Gasteiger partial charge in [0.05, 0.1) is 5.69 Å². The monoisotopic (exact) mass is 420 g/mol. The average Bonchev–Trinajstić information content (AvgIpc) is 2.61.